The number of amides is 3. The zero-order chi connectivity index (χ0) is 20.1. The van der Waals surface area contributed by atoms with Gasteiger partial charge in [-0.3, -0.25) is 4.79 Å². The number of carbonyl (C=O) groups is 2. The number of carbonyl (C=O) groups excluding carboxylic acids is 2. The van der Waals surface area contributed by atoms with E-state index in [0.717, 1.165) is 10.5 Å². The number of hydrogen-bond donors (Lipinski definition) is 1. The lowest BCUT2D eigenvalue weighted by molar-refractivity contribution is -0.122. The third kappa shape index (κ3) is 3.07. The number of nitrogens with one attached hydrogen (secondary N) is 1. The summed E-state index contributed by atoms with van der Waals surface area (Å²) >= 11 is 5.85. The van der Waals surface area contributed by atoms with Crippen LogP contribution in [0.4, 0.5) is 10.5 Å². The maximum absolute atomic E-state index is 13.2. The van der Waals surface area contributed by atoms with Crippen LogP contribution in [0.25, 0.3) is 0 Å². The van der Waals surface area contributed by atoms with E-state index in [1.807, 2.05) is 6.92 Å². The Hall–Kier alpha value is -2.42. The molecule has 7 nitrogen and oxygen atoms in total. The molecule has 9 heteroatoms. The van der Waals surface area contributed by atoms with Crippen LogP contribution in [0.3, 0.4) is 0 Å². The number of urea groups is 1. The van der Waals surface area contributed by atoms with Gasteiger partial charge in [0.1, 0.15) is 6.04 Å². The van der Waals surface area contributed by atoms with Crippen LogP contribution in [0.5, 0.6) is 0 Å². The minimum Gasteiger partial charge on any atom is -0.332 e. The summed E-state index contributed by atoms with van der Waals surface area (Å²) in [6.45, 7) is 2.04. The van der Waals surface area contributed by atoms with Crippen molar-refractivity contribution in [1.82, 2.24) is 9.62 Å². The first-order chi connectivity index (χ1) is 13.3. The molecule has 0 aliphatic carbocycles. The van der Waals surface area contributed by atoms with Crippen molar-refractivity contribution in [2.24, 2.45) is 0 Å². The maximum Gasteiger partial charge on any atom is 0.329 e. The van der Waals surface area contributed by atoms with Gasteiger partial charge in [-0.25, -0.2) is 18.1 Å². The monoisotopic (exact) mass is 419 g/mol. The van der Waals surface area contributed by atoms with Gasteiger partial charge in [0, 0.05) is 11.6 Å². The maximum atomic E-state index is 13.2. The minimum atomic E-state index is -3.91. The lowest BCUT2D eigenvalue weighted by Crippen LogP contribution is -2.64. The second-order valence-electron chi connectivity index (χ2n) is 6.87. The van der Waals surface area contributed by atoms with Crippen LogP contribution in [0.1, 0.15) is 12.0 Å². The molecule has 0 radical (unpaired) electrons. The van der Waals surface area contributed by atoms with E-state index in [2.05, 4.69) is 5.32 Å². The zero-order valence-electron chi connectivity index (χ0n) is 15.0. The molecule has 3 amide bonds. The highest BCUT2D eigenvalue weighted by atomic mass is 35.5. The largest absolute Gasteiger partial charge is 0.332 e. The first kappa shape index (κ1) is 18.9. The molecule has 0 spiro atoms. The Bertz CT molecular complexity index is 1040. The molecular formula is C19H18ClN3O4S. The van der Waals surface area contributed by atoms with Crippen LogP contribution < -0.4 is 10.2 Å². The van der Waals surface area contributed by atoms with Crippen LogP contribution in [0.2, 0.25) is 5.02 Å². The molecule has 146 valence electrons. The minimum absolute atomic E-state index is 0.0594. The number of hydrogen-bond acceptors (Lipinski definition) is 4. The summed E-state index contributed by atoms with van der Waals surface area (Å²) in [5, 5.41) is 3.19. The van der Waals surface area contributed by atoms with Gasteiger partial charge in [0.25, 0.3) is 5.91 Å². The molecule has 0 bridgehead atoms. The highest BCUT2D eigenvalue weighted by Crippen LogP contribution is 2.32. The molecule has 2 heterocycles. The van der Waals surface area contributed by atoms with E-state index in [4.69, 9.17) is 11.6 Å². The molecule has 1 N–H and O–H groups in total. The van der Waals surface area contributed by atoms with E-state index in [9.17, 15) is 18.0 Å². The third-order valence-corrected chi connectivity index (χ3v) is 7.20. The van der Waals surface area contributed by atoms with Crippen molar-refractivity contribution < 1.29 is 18.0 Å². The van der Waals surface area contributed by atoms with Gasteiger partial charge >= 0.3 is 6.03 Å². The Morgan fingerprint density at radius 3 is 2.32 bits per heavy atom. The molecular weight excluding hydrogens is 402 g/mol. The number of rotatable bonds is 3. The summed E-state index contributed by atoms with van der Waals surface area (Å²) in [7, 11) is -3.91. The standard InChI is InChI=1S/C19H18ClN3O4S/c1-12-2-6-14(7-3-12)23-18(24)17-16(21-19(23)25)10-11-22(17)28(26,27)15-8-4-13(20)5-9-15/h2-9,16-17H,10-11H2,1H3,(H,21,25)/t16-,17-/m1/s1. The van der Waals surface area contributed by atoms with Crippen molar-refractivity contribution >= 4 is 39.2 Å². The second kappa shape index (κ2) is 6.88. The Labute approximate surface area is 167 Å². The van der Waals surface area contributed by atoms with E-state index < -0.39 is 34.0 Å². The number of halogens is 1. The van der Waals surface area contributed by atoms with E-state index in [-0.39, 0.29) is 11.4 Å². The Morgan fingerprint density at radius 2 is 1.68 bits per heavy atom. The molecule has 2 saturated heterocycles. The number of imide groups is 1. The van der Waals surface area contributed by atoms with Gasteiger partial charge in [0.2, 0.25) is 10.0 Å². The van der Waals surface area contributed by atoms with Crippen molar-refractivity contribution in [3.63, 3.8) is 0 Å². The summed E-state index contributed by atoms with van der Waals surface area (Å²) in [5.74, 6) is -0.548. The second-order valence-corrected chi connectivity index (χ2v) is 9.20. The summed E-state index contributed by atoms with van der Waals surface area (Å²) in [5.41, 5.74) is 1.39. The highest BCUT2D eigenvalue weighted by Gasteiger charge is 2.52. The Morgan fingerprint density at radius 1 is 1.04 bits per heavy atom. The van der Waals surface area contributed by atoms with Crippen LogP contribution in [0, 0.1) is 6.92 Å². The SMILES string of the molecule is Cc1ccc(N2C(=O)N[C@@H]3CCN(S(=O)(=O)c4ccc(Cl)cc4)[C@H]3C2=O)cc1. The molecule has 2 fully saturated rings. The van der Waals surface area contributed by atoms with Crippen LogP contribution in [-0.2, 0) is 14.8 Å². The van der Waals surface area contributed by atoms with E-state index in [1.54, 1.807) is 24.3 Å². The Balaban J connectivity index is 1.70. The Kier molecular flexibility index (Phi) is 4.65. The number of aryl methyl sites for hydroxylation is 1. The predicted molar refractivity (Wildman–Crippen MR) is 105 cm³/mol. The van der Waals surface area contributed by atoms with Crippen molar-refractivity contribution in [1.29, 1.82) is 0 Å². The topological polar surface area (TPSA) is 86.8 Å². The first-order valence-corrected chi connectivity index (χ1v) is 10.6. The number of benzene rings is 2. The quantitative estimate of drug-likeness (QED) is 0.828. The summed E-state index contributed by atoms with van der Waals surface area (Å²) in [4.78, 5) is 26.8. The van der Waals surface area contributed by atoms with Crippen molar-refractivity contribution in [3.05, 3.63) is 59.1 Å². The molecule has 2 aliphatic rings. The molecule has 2 aromatic rings. The first-order valence-electron chi connectivity index (χ1n) is 8.77. The normalized spacial score (nSPS) is 22.9. The van der Waals surface area contributed by atoms with Crippen LogP contribution in [-0.4, -0.2) is 43.3 Å². The molecule has 28 heavy (non-hydrogen) atoms. The van der Waals surface area contributed by atoms with Crippen LogP contribution in [0.15, 0.2) is 53.4 Å². The molecule has 4 rings (SSSR count). The number of sulfonamides is 1. The van der Waals surface area contributed by atoms with Gasteiger partial charge in [-0.05, 0) is 49.7 Å². The lowest BCUT2D eigenvalue weighted by Gasteiger charge is -2.36. The van der Waals surface area contributed by atoms with E-state index in [1.165, 1.54) is 28.6 Å². The fourth-order valence-corrected chi connectivity index (χ4v) is 5.37. The van der Waals surface area contributed by atoms with Gasteiger partial charge in [-0.15, -0.1) is 0 Å². The predicted octanol–water partition coefficient (Wildman–Crippen LogP) is 2.54. The van der Waals surface area contributed by atoms with Crippen molar-refractivity contribution in [3.8, 4) is 0 Å². The van der Waals surface area contributed by atoms with Gasteiger partial charge < -0.3 is 5.32 Å². The fourth-order valence-electron chi connectivity index (χ4n) is 3.62. The zero-order valence-corrected chi connectivity index (χ0v) is 16.6. The molecule has 0 unspecified atom stereocenters. The molecule has 0 saturated carbocycles. The average Bonchev–Trinajstić information content (AvgIpc) is 3.08. The van der Waals surface area contributed by atoms with Gasteiger partial charge in [0.05, 0.1) is 16.6 Å². The average molecular weight is 420 g/mol. The van der Waals surface area contributed by atoms with E-state index >= 15 is 0 Å². The number of nitrogens with zero attached hydrogens (tertiary/aromatic N) is 2. The van der Waals surface area contributed by atoms with E-state index in [0.29, 0.717) is 17.1 Å². The van der Waals surface area contributed by atoms with Gasteiger partial charge in [-0.1, -0.05) is 29.3 Å². The van der Waals surface area contributed by atoms with Crippen LogP contribution >= 0.6 is 11.6 Å². The molecule has 0 aromatic heterocycles. The number of anilines is 1. The summed E-state index contributed by atoms with van der Waals surface area (Å²) in [6, 6.07) is 10.6. The smallest absolute Gasteiger partial charge is 0.329 e. The van der Waals surface area contributed by atoms with Crippen molar-refractivity contribution in [2.75, 3.05) is 11.4 Å². The molecule has 2 aromatic carbocycles. The third-order valence-electron chi connectivity index (χ3n) is 5.05. The summed E-state index contributed by atoms with van der Waals surface area (Å²) < 4.78 is 27.4. The lowest BCUT2D eigenvalue weighted by atomic mass is 10.1. The summed E-state index contributed by atoms with van der Waals surface area (Å²) in [6.07, 6.45) is 0.372. The number of fused-ring (bicyclic) bond motifs is 1. The molecule has 2 aliphatic heterocycles. The van der Waals surface area contributed by atoms with Gasteiger partial charge in [0.15, 0.2) is 0 Å². The van der Waals surface area contributed by atoms with Gasteiger partial charge in [-0.2, -0.15) is 4.31 Å². The van der Waals surface area contributed by atoms with Crippen molar-refractivity contribution in [2.45, 2.75) is 30.3 Å². The fraction of sp³-hybridized carbons (Fsp3) is 0.263. The molecule has 2 atom stereocenters. The highest BCUT2D eigenvalue weighted by molar-refractivity contribution is 7.89.